The summed E-state index contributed by atoms with van der Waals surface area (Å²) < 4.78 is 6.57. The lowest BCUT2D eigenvalue weighted by Crippen LogP contribution is -2.05. The molecule has 0 fully saturated rings. The summed E-state index contributed by atoms with van der Waals surface area (Å²) in [7, 11) is 0. The number of rotatable bonds is 5. The molecule has 2 aromatic rings. The van der Waals surface area contributed by atoms with Crippen LogP contribution < -0.4 is 10.1 Å². The maximum atomic E-state index is 8.45. The van der Waals surface area contributed by atoms with Crippen molar-refractivity contribution >= 4 is 40.2 Å². The Morgan fingerprint density at radius 3 is 2.60 bits per heavy atom. The molecule has 0 aliphatic heterocycles. The summed E-state index contributed by atoms with van der Waals surface area (Å²) in [4.78, 5) is 0. The summed E-state index contributed by atoms with van der Waals surface area (Å²) in [6.45, 7) is 2.07. The molecule has 3 nitrogen and oxygen atoms in total. The van der Waals surface area contributed by atoms with Gasteiger partial charge in [-0.2, -0.15) is 5.26 Å². The molecule has 6 heteroatoms. The van der Waals surface area contributed by atoms with Gasteiger partial charge >= 0.3 is 0 Å². The van der Waals surface area contributed by atoms with Gasteiger partial charge in [0.25, 0.3) is 0 Å². The van der Waals surface area contributed by atoms with Gasteiger partial charge in [-0.15, -0.1) is 11.3 Å². The molecule has 1 aromatic carbocycles. The lowest BCUT2D eigenvalue weighted by molar-refractivity contribution is 0.368. The molecule has 1 atom stereocenters. The Morgan fingerprint density at radius 1 is 1.35 bits per heavy atom. The molecular weight excluding hydrogens is 315 g/mol. The van der Waals surface area contributed by atoms with E-state index in [1.807, 2.05) is 43.3 Å². The van der Waals surface area contributed by atoms with Crippen molar-refractivity contribution in [2.75, 3.05) is 11.9 Å². The monoisotopic (exact) mass is 326 g/mol. The van der Waals surface area contributed by atoms with E-state index >= 15 is 0 Å². The van der Waals surface area contributed by atoms with Crippen LogP contribution in [0.3, 0.4) is 0 Å². The highest BCUT2D eigenvalue weighted by Gasteiger charge is 2.13. The fraction of sp³-hybridized carbons (Fsp3) is 0.214. The van der Waals surface area contributed by atoms with Crippen molar-refractivity contribution in [3.8, 4) is 11.8 Å². The number of thiophene rings is 1. The minimum atomic E-state index is 0.0478. The summed E-state index contributed by atoms with van der Waals surface area (Å²) in [5, 5.41) is 11.8. The number of nitriles is 1. The molecule has 20 heavy (non-hydrogen) atoms. The van der Waals surface area contributed by atoms with E-state index < -0.39 is 0 Å². The van der Waals surface area contributed by atoms with Gasteiger partial charge in [-0.3, -0.25) is 0 Å². The number of benzene rings is 1. The Hall–Kier alpha value is -1.41. The third-order valence-electron chi connectivity index (χ3n) is 2.69. The topological polar surface area (TPSA) is 45.0 Å². The molecule has 0 bridgehead atoms. The second kappa shape index (κ2) is 6.85. The van der Waals surface area contributed by atoms with E-state index in [0.717, 1.165) is 11.3 Å². The van der Waals surface area contributed by atoms with Crippen molar-refractivity contribution in [1.29, 1.82) is 5.26 Å². The summed E-state index contributed by atoms with van der Waals surface area (Å²) in [5.41, 5.74) is 1.92. The molecule has 0 spiro atoms. The molecule has 1 N–H and O–H groups in total. The first-order valence-electron chi connectivity index (χ1n) is 5.91. The lowest BCUT2D eigenvalue weighted by atomic mass is 10.1. The molecule has 0 aliphatic carbocycles. The number of anilines is 1. The van der Waals surface area contributed by atoms with Gasteiger partial charge in [0.15, 0.2) is 6.61 Å². The molecule has 0 saturated heterocycles. The molecule has 1 aromatic heterocycles. The minimum Gasteiger partial charge on any atom is -0.479 e. The Balaban J connectivity index is 2.03. The van der Waals surface area contributed by atoms with E-state index in [1.54, 1.807) is 0 Å². The Labute approximate surface area is 131 Å². The predicted octanol–water partition coefficient (Wildman–Crippen LogP) is 5.13. The number of nitrogens with one attached hydrogen (secondary N) is 1. The van der Waals surface area contributed by atoms with Crippen molar-refractivity contribution < 1.29 is 4.74 Å². The highest BCUT2D eigenvalue weighted by atomic mass is 35.5. The zero-order valence-corrected chi connectivity index (χ0v) is 13.0. The molecule has 104 valence electrons. The maximum Gasteiger partial charge on any atom is 0.174 e. The molecule has 1 heterocycles. The van der Waals surface area contributed by atoms with Gasteiger partial charge in [-0.1, -0.05) is 23.2 Å². The summed E-state index contributed by atoms with van der Waals surface area (Å²) in [5.74, 6) is 0.668. The van der Waals surface area contributed by atoms with Crippen molar-refractivity contribution in [3.63, 3.8) is 0 Å². The molecular formula is C14H12Cl2N2OS. The third-order valence-corrected chi connectivity index (χ3v) is 4.21. The van der Waals surface area contributed by atoms with E-state index in [-0.39, 0.29) is 12.6 Å². The zero-order chi connectivity index (χ0) is 14.5. The Morgan fingerprint density at radius 2 is 2.05 bits per heavy atom. The minimum absolute atomic E-state index is 0.0478. The number of hydrogen-bond donors (Lipinski definition) is 1. The SMILES string of the molecule is CC(Nc1ccc(OCC#N)cc1)c1cc(Cl)sc1Cl. The van der Waals surface area contributed by atoms with Crippen molar-refractivity contribution in [2.24, 2.45) is 0 Å². The standard InChI is InChI=1S/C14H12Cl2N2OS/c1-9(12-8-13(15)20-14(12)16)18-10-2-4-11(5-3-10)19-7-6-17/h2-5,8-9,18H,7H2,1H3. The molecule has 0 saturated carbocycles. The first kappa shape index (κ1) is 15.0. The van der Waals surface area contributed by atoms with Crippen LogP contribution in [-0.2, 0) is 0 Å². The molecule has 0 aliphatic rings. The predicted molar refractivity (Wildman–Crippen MR) is 83.9 cm³/mol. The summed E-state index contributed by atoms with van der Waals surface area (Å²) in [6, 6.07) is 11.3. The van der Waals surface area contributed by atoms with Gasteiger partial charge in [0, 0.05) is 11.3 Å². The second-order valence-corrected chi connectivity index (χ2v) is 6.40. The van der Waals surface area contributed by atoms with Gasteiger partial charge in [0.2, 0.25) is 0 Å². The maximum absolute atomic E-state index is 8.45. The number of nitrogens with zero attached hydrogens (tertiary/aromatic N) is 1. The van der Waals surface area contributed by atoms with Crippen molar-refractivity contribution in [1.82, 2.24) is 0 Å². The molecule has 0 radical (unpaired) electrons. The van der Waals surface area contributed by atoms with Crippen LogP contribution in [0.2, 0.25) is 8.67 Å². The van der Waals surface area contributed by atoms with Crippen LogP contribution in [0.15, 0.2) is 30.3 Å². The smallest absolute Gasteiger partial charge is 0.174 e. The van der Waals surface area contributed by atoms with E-state index in [9.17, 15) is 0 Å². The van der Waals surface area contributed by atoms with E-state index in [4.69, 9.17) is 33.2 Å². The van der Waals surface area contributed by atoms with E-state index in [2.05, 4.69) is 5.32 Å². The quantitative estimate of drug-likeness (QED) is 0.828. The van der Waals surface area contributed by atoms with Crippen LogP contribution in [0.1, 0.15) is 18.5 Å². The highest BCUT2D eigenvalue weighted by Crippen LogP contribution is 2.36. The number of hydrogen-bond acceptors (Lipinski definition) is 4. The van der Waals surface area contributed by atoms with Gasteiger partial charge in [-0.25, -0.2) is 0 Å². The van der Waals surface area contributed by atoms with Crippen LogP contribution in [-0.4, -0.2) is 6.61 Å². The molecule has 1 unspecified atom stereocenters. The van der Waals surface area contributed by atoms with Crippen LogP contribution in [0.4, 0.5) is 5.69 Å². The van der Waals surface area contributed by atoms with Crippen LogP contribution >= 0.6 is 34.5 Å². The highest BCUT2D eigenvalue weighted by molar-refractivity contribution is 7.20. The number of halogens is 2. The van der Waals surface area contributed by atoms with Crippen molar-refractivity contribution in [3.05, 3.63) is 44.6 Å². The first-order chi connectivity index (χ1) is 9.60. The molecule has 2 rings (SSSR count). The summed E-state index contributed by atoms with van der Waals surface area (Å²) in [6.07, 6.45) is 0. The average molecular weight is 327 g/mol. The second-order valence-electron chi connectivity index (χ2n) is 4.12. The van der Waals surface area contributed by atoms with Gasteiger partial charge in [-0.05, 0) is 37.3 Å². The molecule has 0 amide bonds. The Kier molecular flexibility index (Phi) is 5.13. The zero-order valence-electron chi connectivity index (χ0n) is 10.7. The lowest BCUT2D eigenvalue weighted by Gasteiger charge is -2.15. The Bertz CT molecular complexity index is 619. The van der Waals surface area contributed by atoms with Crippen LogP contribution in [0, 0.1) is 11.3 Å². The third kappa shape index (κ3) is 3.80. The normalized spacial score (nSPS) is 11.7. The van der Waals surface area contributed by atoms with Crippen LogP contribution in [0.25, 0.3) is 0 Å². The van der Waals surface area contributed by atoms with Crippen molar-refractivity contribution in [2.45, 2.75) is 13.0 Å². The largest absolute Gasteiger partial charge is 0.479 e. The van der Waals surface area contributed by atoms with Crippen LogP contribution in [0.5, 0.6) is 5.75 Å². The van der Waals surface area contributed by atoms with Gasteiger partial charge < -0.3 is 10.1 Å². The average Bonchev–Trinajstić information content (AvgIpc) is 2.77. The fourth-order valence-corrected chi connectivity index (χ4v) is 3.38. The fourth-order valence-electron chi connectivity index (χ4n) is 1.74. The number of ether oxygens (including phenoxy) is 1. The van der Waals surface area contributed by atoms with Gasteiger partial charge in [0.05, 0.1) is 14.7 Å². The van der Waals surface area contributed by atoms with E-state index in [0.29, 0.717) is 14.4 Å². The van der Waals surface area contributed by atoms with E-state index in [1.165, 1.54) is 11.3 Å². The summed E-state index contributed by atoms with van der Waals surface area (Å²) >= 11 is 13.4. The van der Waals surface area contributed by atoms with Gasteiger partial charge in [0.1, 0.15) is 11.8 Å². The first-order valence-corrected chi connectivity index (χ1v) is 7.48.